The van der Waals surface area contributed by atoms with Crippen molar-refractivity contribution in [1.29, 1.82) is 0 Å². The Morgan fingerprint density at radius 2 is 2.20 bits per heavy atom. The Bertz CT molecular complexity index is 503. The summed E-state index contributed by atoms with van der Waals surface area (Å²) in [5, 5.41) is 11.5. The Balaban J connectivity index is 2.01. The largest absolute Gasteiger partial charge is 0.477 e. The van der Waals surface area contributed by atoms with E-state index in [1.54, 1.807) is 4.90 Å². The maximum Gasteiger partial charge on any atom is 0.354 e. The van der Waals surface area contributed by atoms with Crippen LogP contribution in [0.1, 0.15) is 24.3 Å². The van der Waals surface area contributed by atoms with Crippen molar-refractivity contribution in [3.8, 4) is 0 Å². The number of hydrogen-bond donors (Lipinski definition) is 2. The highest BCUT2D eigenvalue weighted by Crippen LogP contribution is 2.14. The van der Waals surface area contributed by atoms with Crippen LogP contribution in [-0.2, 0) is 4.74 Å². The van der Waals surface area contributed by atoms with E-state index in [4.69, 9.17) is 9.84 Å². The molecule has 0 bridgehead atoms. The summed E-state index contributed by atoms with van der Waals surface area (Å²) < 4.78 is 5.46. The van der Waals surface area contributed by atoms with Gasteiger partial charge in [0, 0.05) is 6.54 Å². The molecule has 2 atom stereocenters. The van der Waals surface area contributed by atoms with Gasteiger partial charge in [-0.05, 0) is 26.0 Å². The van der Waals surface area contributed by atoms with Crippen LogP contribution in [0.25, 0.3) is 0 Å². The Kier molecular flexibility index (Phi) is 4.19. The van der Waals surface area contributed by atoms with E-state index in [1.165, 1.54) is 18.3 Å². The molecular weight excluding hydrogens is 262 g/mol. The summed E-state index contributed by atoms with van der Waals surface area (Å²) >= 11 is 0. The summed E-state index contributed by atoms with van der Waals surface area (Å²) in [5.41, 5.74) is 0.405. The van der Waals surface area contributed by atoms with E-state index in [2.05, 4.69) is 10.3 Å². The highest BCUT2D eigenvalue weighted by Gasteiger charge is 2.27. The van der Waals surface area contributed by atoms with Crippen LogP contribution >= 0.6 is 0 Å². The highest BCUT2D eigenvalue weighted by atomic mass is 16.5. The molecule has 2 amide bonds. The predicted octanol–water partition coefficient (Wildman–Crippen LogP) is 1.42. The van der Waals surface area contributed by atoms with Crippen LogP contribution in [0.4, 0.5) is 10.5 Å². The number of amides is 2. The number of carbonyl (C=O) groups excluding carboxylic acids is 1. The number of morpholine rings is 1. The van der Waals surface area contributed by atoms with Crippen molar-refractivity contribution in [2.45, 2.75) is 26.0 Å². The van der Waals surface area contributed by atoms with E-state index >= 15 is 0 Å². The first-order chi connectivity index (χ1) is 9.47. The number of hydrogen-bond acceptors (Lipinski definition) is 4. The van der Waals surface area contributed by atoms with Crippen molar-refractivity contribution >= 4 is 17.7 Å². The summed E-state index contributed by atoms with van der Waals surface area (Å²) in [6.45, 7) is 4.85. The maximum atomic E-state index is 12.2. The molecule has 0 aromatic carbocycles. The lowest BCUT2D eigenvalue weighted by Gasteiger charge is -2.36. The van der Waals surface area contributed by atoms with Gasteiger partial charge >= 0.3 is 12.0 Å². The minimum Gasteiger partial charge on any atom is -0.477 e. The fraction of sp³-hybridized carbons (Fsp3) is 0.462. The zero-order valence-corrected chi connectivity index (χ0v) is 11.4. The number of ether oxygens (including phenoxy) is 1. The third kappa shape index (κ3) is 3.24. The van der Waals surface area contributed by atoms with E-state index in [1.807, 2.05) is 13.8 Å². The number of pyridine rings is 1. The Labute approximate surface area is 116 Å². The number of aromatic nitrogens is 1. The monoisotopic (exact) mass is 279 g/mol. The van der Waals surface area contributed by atoms with E-state index in [-0.39, 0.29) is 23.9 Å². The van der Waals surface area contributed by atoms with Gasteiger partial charge in [0.15, 0.2) is 0 Å². The first-order valence-corrected chi connectivity index (χ1v) is 6.36. The molecule has 1 aliphatic heterocycles. The van der Waals surface area contributed by atoms with Crippen molar-refractivity contribution < 1.29 is 19.4 Å². The van der Waals surface area contributed by atoms with Crippen LogP contribution < -0.4 is 5.32 Å². The molecule has 0 radical (unpaired) electrons. The quantitative estimate of drug-likeness (QED) is 0.854. The van der Waals surface area contributed by atoms with Crippen LogP contribution in [0.15, 0.2) is 18.3 Å². The number of nitrogens with zero attached hydrogens (tertiary/aromatic N) is 2. The first-order valence-electron chi connectivity index (χ1n) is 6.36. The summed E-state index contributed by atoms with van der Waals surface area (Å²) in [4.78, 5) is 28.3. The molecule has 2 N–H and O–H groups in total. The number of aromatic carboxylic acids is 1. The number of carbonyl (C=O) groups is 2. The summed E-state index contributed by atoms with van der Waals surface area (Å²) in [5.74, 6) is -1.10. The van der Waals surface area contributed by atoms with Crippen molar-refractivity contribution in [3.63, 3.8) is 0 Å². The van der Waals surface area contributed by atoms with Crippen LogP contribution in [0.3, 0.4) is 0 Å². The van der Waals surface area contributed by atoms with Gasteiger partial charge in [-0.1, -0.05) is 0 Å². The van der Waals surface area contributed by atoms with Crippen molar-refractivity contribution in [2.24, 2.45) is 0 Å². The molecule has 0 saturated carbocycles. The molecule has 1 fully saturated rings. The molecule has 108 valence electrons. The molecule has 7 nitrogen and oxygen atoms in total. The molecule has 2 heterocycles. The Morgan fingerprint density at radius 1 is 1.45 bits per heavy atom. The van der Waals surface area contributed by atoms with Crippen molar-refractivity contribution in [2.75, 3.05) is 18.5 Å². The van der Waals surface area contributed by atoms with Crippen LogP contribution in [-0.4, -0.2) is 52.3 Å². The van der Waals surface area contributed by atoms with E-state index in [0.717, 1.165) is 0 Å². The Morgan fingerprint density at radius 3 is 2.80 bits per heavy atom. The first kappa shape index (κ1) is 14.3. The average molecular weight is 279 g/mol. The molecule has 1 saturated heterocycles. The third-order valence-corrected chi connectivity index (χ3v) is 3.10. The minimum atomic E-state index is -1.10. The van der Waals surface area contributed by atoms with Crippen LogP contribution in [0.5, 0.6) is 0 Å². The van der Waals surface area contributed by atoms with Crippen LogP contribution in [0.2, 0.25) is 0 Å². The second-order valence-electron chi connectivity index (χ2n) is 4.81. The standard InChI is InChI=1S/C13H17N3O4/c1-8-7-20-9(2)6-16(8)13(19)15-10-3-4-11(12(17)18)14-5-10/h3-5,8-9H,6-7H2,1-2H3,(H,15,19)(H,17,18). The molecule has 0 spiro atoms. The van der Waals surface area contributed by atoms with Crippen LogP contribution in [0, 0.1) is 0 Å². The highest BCUT2D eigenvalue weighted by molar-refractivity contribution is 5.90. The lowest BCUT2D eigenvalue weighted by molar-refractivity contribution is -0.0296. The van der Waals surface area contributed by atoms with Gasteiger partial charge in [-0.2, -0.15) is 0 Å². The van der Waals surface area contributed by atoms with Gasteiger partial charge in [0.05, 0.1) is 30.6 Å². The summed E-state index contributed by atoms with van der Waals surface area (Å²) in [6, 6.07) is 2.63. The summed E-state index contributed by atoms with van der Waals surface area (Å²) in [6.07, 6.45) is 1.33. The smallest absolute Gasteiger partial charge is 0.354 e. The van der Waals surface area contributed by atoms with Crippen molar-refractivity contribution in [3.05, 3.63) is 24.0 Å². The molecule has 0 aliphatic carbocycles. The lowest BCUT2D eigenvalue weighted by Crippen LogP contribution is -2.51. The second kappa shape index (κ2) is 5.87. The topological polar surface area (TPSA) is 91.8 Å². The lowest BCUT2D eigenvalue weighted by atomic mass is 10.2. The van der Waals surface area contributed by atoms with Gasteiger partial charge < -0.3 is 20.1 Å². The average Bonchev–Trinajstić information content (AvgIpc) is 2.42. The number of rotatable bonds is 2. The zero-order valence-electron chi connectivity index (χ0n) is 11.4. The number of urea groups is 1. The second-order valence-corrected chi connectivity index (χ2v) is 4.81. The van der Waals surface area contributed by atoms with E-state index in [0.29, 0.717) is 18.8 Å². The van der Waals surface area contributed by atoms with Gasteiger partial charge in [-0.25, -0.2) is 14.6 Å². The fourth-order valence-electron chi connectivity index (χ4n) is 1.98. The van der Waals surface area contributed by atoms with E-state index < -0.39 is 5.97 Å². The normalized spacial score (nSPS) is 22.4. The number of carboxylic acids is 1. The minimum absolute atomic E-state index is 0.00236. The third-order valence-electron chi connectivity index (χ3n) is 3.10. The maximum absolute atomic E-state index is 12.2. The summed E-state index contributed by atoms with van der Waals surface area (Å²) in [7, 11) is 0. The predicted molar refractivity (Wildman–Crippen MR) is 71.8 cm³/mol. The van der Waals surface area contributed by atoms with Gasteiger partial charge in [0.1, 0.15) is 5.69 Å². The molecule has 7 heteroatoms. The fourth-order valence-corrected chi connectivity index (χ4v) is 1.98. The SMILES string of the molecule is CC1CN(C(=O)Nc2ccc(C(=O)O)nc2)C(C)CO1. The van der Waals surface area contributed by atoms with Gasteiger partial charge in [0.2, 0.25) is 0 Å². The van der Waals surface area contributed by atoms with Crippen molar-refractivity contribution in [1.82, 2.24) is 9.88 Å². The molecule has 1 aromatic rings. The van der Waals surface area contributed by atoms with Gasteiger partial charge in [0.25, 0.3) is 0 Å². The molecule has 2 unspecified atom stereocenters. The molecular formula is C13H17N3O4. The zero-order chi connectivity index (χ0) is 14.7. The molecule has 1 aromatic heterocycles. The number of anilines is 1. The molecule has 20 heavy (non-hydrogen) atoms. The molecule has 2 rings (SSSR count). The number of nitrogens with one attached hydrogen (secondary N) is 1. The number of carboxylic acid groups (broad SMARTS) is 1. The van der Waals surface area contributed by atoms with Gasteiger partial charge in [-0.15, -0.1) is 0 Å². The molecule has 1 aliphatic rings. The van der Waals surface area contributed by atoms with E-state index in [9.17, 15) is 9.59 Å². The Hall–Kier alpha value is -2.15. The van der Waals surface area contributed by atoms with Gasteiger partial charge in [-0.3, -0.25) is 0 Å².